The molecule has 1 nitrogen and oxygen atoms in total. The Morgan fingerprint density at radius 2 is 1.53 bits per heavy atom. The fourth-order valence-electron chi connectivity index (χ4n) is 4.26. The Hall–Kier alpha value is -3.13. The summed E-state index contributed by atoms with van der Waals surface area (Å²) in [6.45, 7) is 1.86. The van der Waals surface area contributed by atoms with Crippen LogP contribution in [0.2, 0.25) is 0 Å². The predicted molar refractivity (Wildman–Crippen MR) is 107 cm³/mol. The predicted octanol–water partition coefficient (Wildman–Crippen LogP) is 6.62. The Morgan fingerprint density at radius 3 is 2.13 bits per heavy atom. The molecule has 1 aliphatic carbocycles. The average Bonchev–Trinajstić information content (AvgIpc) is 2.72. The Morgan fingerprint density at radius 1 is 0.867 bits per heavy atom. The van der Waals surface area contributed by atoms with Crippen molar-refractivity contribution in [2.24, 2.45) is 0 Å². The number of benzene rings is 3. The molecule has 152 valence electrons. The number of hydrogen-bond donors (Lipinski definition) is 0. The monoisotopic (exact) mass is 409 g/mol. The number of hydrogen-bond acceptors (Lipinski definition) is 1. The standard InChI is InChI=1S/C25H19F4N/c1-2-14-7-23(28)25(24(29)8-14)18-6-5-15-9-17(4-3-16(15)10-18)19-11-21(26)20(13-30)22(27)12-19/h3-4,7-9,11-12,18H,2,5-6,10H2,1H3. The van der Waals surface area contributed by atoms with Crippen molar-refractivity contribution < 1.29 is 17.6 Å². The first kappa shape index (κ1) is 20.2. The van der Waals surface area contributed by atoms with Gasteiger partial charge in [0, 0.05) is 5.56 Å². The van der Waals surface area contributed by atoms with Crippen LogP contribution in [0.3, 0.4) is 0 Å². The first-order chi connectivity index (χ1) is 14.4. The van der Waals surface area contributed by atoms with Crippen molar-refractivity contribution in [2.75, 3.05) is 0 Å². The Kier molecular flexibility index (Phi) is 5.34. The van der Waals surface area contributed by atoms with Crippen molar-refractivity contribution in [1.29, 1.82) is 5.26 Å². The molecule has 30 heavy (non-hydrogen) atoms. The van der Waals surface area contributed by atoms with Crippen LogP contribution in [-0.4, -0.2) is 0 Å². The maximum atomic E-state index is 14.5. The van der Waals surface area contributed by atoms with Crippen molar-refractivity contribution in [2.45, 2.75) is 38.5 Å². The van der Waals surface area contributed by atoms with Gasteiger partial charge in [0.25, 0.3) is 0 Å². The minimum absolute atomic E-state index is 0.137. The molecule has 5 heteroatoms. The summed E-state index contributed by atoms with van der Waals surface area (Å²) >= 11 is 0. The van der Waals surface area contributed by atoms with E-state index in [2.05, 4.69) is 0 Å². The van der Waals surface area contributed by atoms with Crippen molar-refractivity contribution in [1.82, 2.24) is 0 Å². The molecule has 0 aliphatic heterocycles. The molecule has 0 heterocycles. The number of rotatable bonds is 3. The van der Waals surface area contributed by atoms with E-state index in [1.807, 2.05) is 19.1 Å². The van der Waals surface area contributed by atoms with E-state index in [0.717, 1.165) is 23.3 Å². The summed E-state index contributed by atoms with van der Waals surface area (Å²) in [6.07, 6.45) is 2.28. The SMILES string of the molecule is CCc1cc(F)c(C2CCc3cc(-c4cc(F)c(C#N)c(F)c4)ccc3C2)c(F)c1. The van der Waals surface area contributed by atoms with Crippen LogP contribution in [0.1, 0.15) is 47.1 Å². The van der Waals surface area contributed by atoms with Gasteiger partial charge in [-0.05, 0) is 83.7 Å². The van der Waals surface area contributed by atoms with Crippen molar-refractivity contribution >= 4 is 0 Å². The third kappa shape index (κ3) is 3.59. The van der Waals surface area contributed by atoms with E-state index in [9.17, 15) is 17.6 Å². The molecule has 1 aliphatic rings. The largest absolute Gasteiger partial charge is 0.207 e. The van der Waals surface area contributed by atoms with E-state index in [1.54, 1.807) is 6.07 Å². The number of fused-ring (bicyclic) bond motifs is 1. The lowest BCUT2D eigenvalue weighted by Crippen LogP contribution is -2.16. The third-order valence-electron chi connectivity index (χ3n) is 5.88. The maximum Gasteiger partial charge on any atom is 0.144 e. The molecule has 0 spiro atoms. The Balaban J connectivity index is 1.64. The highest BCUT2D eigenvalue weighted by Crippen LogP contribution is 2.37. The summed E-state index contributed by atoms with van der Waals surface area (Å²) in [6, 6.07) is 12.1. The molecule has 0 aromatic heterocycles. The van der Waals surface area contributed by atoms with E-state index in [4.69, 9.17) is 5.26 Å². The van der Waals surface area contributed by atoms with Gasteiger partial charge >= 0.3 is 0 Å². The van der Waals surface area contributed by atoms with Gasteiger partial charge in [-0.1, -0.05) is 25.1 Å². The summed E-state index contributed by atoms with van der Waals surface area (Å²) in [5.74, 6) is -3.04. The van der Waals surface area contributed by atoms with Gasteiger partial charge in [-0.15, -0.1) is 0 Å². The zero-order valence-electron chi connectivity index (χ0n) is 16.4. The van der Waals surface area contributed by atoms with Gasteiger partial charge in [0.15, 0.2) is 0 Å². The molecular formula is C25H19F4N. The quantitative estimate of drug-likeness (QED) is 0.446. The highest BCUT2D eigenvalue weighted by molar-refractivity contribution is 5.66. The van der Waals surface area contributed by atoms with E-state index in [1.165, 1.54) is 18.2 Å². The van der Waals surface area contributed by atoms with Crippen molar-refractivity contribution in [3.05, 3.63) is 93.6 Å². The lowest BCUT2D eigenvalue weighted by Gasteiger charge is -2.26. The molecule has 0 bridgehead atoms. The van der Waals surface area contributed by atoms with Crippen LogP contribution >= 0.6 is 0 Å². The number of halogens is 4. The lowest BCUT2D eigenvalue weighted by atomic mass is 9.78. The molecular weight excluding hydrogens is 390 g/mol. The summed E-state index contributed by atoms with van der Waals surface area (Å²) in [5.41, 5.74) is 3.13. The second-order valence-corrected chi connectivity index (χ2v) is 7.68. The first-order valence-electron chi connectivity index (χ1n) is 9.90. The number of nitriles is 1. The van der Waals surface area contributed by atoms with E-state index in [-0.39, 0.29) is 11.5 Å². The molecule has 1 atom stereocenters. The van der Waals surface area contributed by atoms with E-state index >= 15 is 0 Å². The molecule has 0 saturated carbocycles. The van der Waals surface area contributed by atoms with Gasteiger partial charge in [-0.3, -0.25) is 0 Å². The molecule has 1 unspecified atom stereocenters. The summed E-state index contributed by atoms with van der Waals surface area (Å²) in [4.78, 5) is 0. The molecule has 3 aromatic carbocycles. The average molecular weight is 409 g/mol. The van der Waals surface area contributed by atoms with Crippen LogP contribution in [0.15, 0.2) is 42.5 Å². The molecule has 3 aromatic rings. The molecule has 0 saturated heterocycles. The smallest absolute Gasteiger partial charge is 0.144 e. The van der Waals surface area contributed by atoms with Gasteiger partial charge in [0.1, 0.15) is 34.9 Å². The second-order valence-electron chi connectivity index (χ2n) is 7.68. The van der Waals surface area contributed by atoms with Crippen molar-refractivity contribution in [3.8, 4) is 17.2 Å². The van der Waals surface area contributed by atoms with Gasteiger partial charge in [0.2, 0.25) is 0 Å². The zero-order valence-corrected chi connectivity index (χ0v) is 16.4. The van der Waals surface area contributed by atoms with Crippen LogP contribution in [0.25, 0.3) is 11.1 Å². The Labute approximate surface area is 172 Å². The highest BCUT2D eigenvalue weighted by Gasteiger charge is 2.26. The fourth-order valence-corrected chi connectivity index (χ4v) is 4.26. The second kappa shape index (κ2) is 7.95. The van der Waals surface area contributed by atoms with Crippen LogP contribution in [0, 0.1) is 34.6 Å². The van der Waals surface area contributed by atoms with Gasteiger partial charge in [-0.25, -0.2) is 17.6 Å². The normalized spacial score (nSPS) is 15.5. The molecule has 0 N–H and O–H groups in total. The molecule has 4 rings (SSSR count). The van der Waals surface area contributed by atoms with E-state index in [0.29, 0.717) is 42.4 Å². The third-order valence-corrected chi connectivity index (χ3v) is 5.88. The zero-order chi connectivity index (χ0) is 21.4. The van der Waals surface area contributed by atoms with Crippen LogP contribution in [0.5, 0.6) is 0 Å². The number of nitrogens with zero attached hydrogens (tertiary/aromatic N) is 1. The topological polar surface area (TPSA) is 23.8 Å². The summed E-state index contributed by atoms with van der Waals surface area (Å²) < 4.78 is 57.0. The molecule has 0 radical (unpaired) electrons. The van der Waals surface area contributed by atoms with Gasteiger partial charge in [0.05, 0.1) is 0 Å². The van der Waals surface area contributed by atoms with Crippen molar-refractivity contribution in [3.63, 3.8) is 0 Å². The maximum absolute atomic E-state index is 14.5. The minimum atomic E-state index is -0.897. The lowest BCUT2D eigenvalue weighted by molar-refractivity contribution is 0.490. The van der Waals surface area contributed by atoms with Crippen LogP contribution in [0.4, 0.5) is 17.6 Å². The number of aryl methyl sites for hydroxylation is 2. The Bertz CT molecular complexity index is 1130. The van der Waals surface area contributed by atoms with Gasteiger partial charge in [-0.2, -0.15) is 5.26 Å². The fraction of sp³-hybridized carbons (Fsp3) is 0.240. The summed E-state index contributed by atoms with van der Waals surface area (Å²) in [5, 5.41) is 8.82. The minimum Gasteiger partial charge on any atom is -0.207 e. The van der Waals surface area contributed by atoms with E-state index < -0.39 is 28.8 Å². The first-order valence-corrected chi connectivity index (χ1v) is 9.90. The van der Waals surface area contributed by atoms with Crippen LogP contribution < -0.4 is 0 Å². The molecule has 0 amide bonds. The highest BCUT2D eigenvalue weighted by atomic mass is 19.1. The summed E-state index contributed by atoms with van der Waals surface area (Å²) in [7, 11) is 0. The van der Waals surface area contributed by atoms with Gasteiger partial charge < -0.3 is 0 Å². The molecule has 0 fully saturated rings. The van der Waals surface area contributed by atoms with Crippen LogP contribution in [-0.2, 0) is 19.3 Å².